The molecule has 35 heavy (non-hydrogen) atoms. The topological polar surface area (TPSA) is 109 Å². The van der Waals surface area contributed by atoms with Gasteiger partial charge in [0.05, 0.1) is 35.5 Å². The average Bonchev–Trinajstić information content (AvgIpc) is 3.56. The standard InChI is InChI=1S/C27H25N3O5/c1-27(2,3)15-11-12-19(34-4)16(14-15)23(31)21-22(20-10-7-13-35-20)30(25(33)24(21)32)26-28-17-8-5-6-9-18(17)29-26/h5-14,22,31H,1-4H3,(H,28,29)/b23-21+. The number of amides is 1. The average molecular weight is 472 g/mol. The summed E-state index contributed by atoms with van der Waals surface area (Å²) in [5.41, 5.74) is 2.28. The Kier molecular flexibility index (Phi) is 5.24. The van der Waals surface area contributed by atoms with E-state index >= 15 is 0 Å². The Labute approximate surface area is 201 Å². The van der Waals surface area contributed by atoms with Crippen LogP contribution in [-0.4, -0.2) is 33.9 Å². The van der Waals surface area contributed by atoms with Gasteiger partial charge in [0.25, 0.3) is 5.78 Å². The zero-order chi connectivity index (χ0) is 24.9. The maximum Gasteiger partial charge on any atom is 0.302 e. The molecule has 1 aliphatic heterocycles. The van der Waals surface area contributed by atoms with Gasteiger partial charge in [-0.1, -0.05) is 39.0 Å². The Bertz CT molecular complexity index is 1440. The lowest BCUT2D eigenvalue weighted by Gasteiger charge is -2.22. The van der Waals surface area contributed by atoms with E-state index in [1.165, 1.54) is 18.3 Å². The lowest BCUT2D eigenvalue weighted by molar-refractivity contribution is -0.132. The highest BCUT2D eigenvalue weighted by Crippen LogP contribution is 2.43. The van der Waals surface area contributed by atoms with Gasteiger partial charge in [-0.15, -0.1) is 0 Å². The number of furan rings is 1. The van der Waals surface area contributed by atoms with Gasteiger partial charge in [0.1, 0.15) is 23.3 Å². The number of ether oxygens (including phenoxy) is 1. The van der Waals surface area contributed by atoms with Crippen LogP contribution in [0, 0.1) is 0 Å². The smallest absolute Gasteiger partial charge is 0.302 e. The summed E-state index contributed by atoms with van der Waals surface area (Å²) in [5, 5.41) is 11.5. The highest BCUT2D eigenvalue weighted by molar-refractivity contribution is 6.51. The fourth-order valence-corrected chi connectivity index (χ4v) is 4.33. The van der Waals surface area contributed by atoms with E-state index in [0.717, 1.165) is 5.56 Å². The van der Waals surface area contributed by atoms with Crippen molar-refractivity contribution in [2.45, 2.75) is 32.2 Å². The number of aliphatic hydroxyl groups is 1. The molecule has 0 aliphatic carbocycles. The Hall–Kier alpha value is -4.33. The van der Waals surface area contributed by atoms with Crippen molar-refractivity contribution in [1.82, 2.24) is 9.97 Å². The summed E-state index contributed by atoms with van der Waals surface area (Å²) in [7, 11) is 1.49. The summed E-state index contributed by atoms with van der Waals surface area (Å²) in [5.74, 6) is -1.12. The fourth-order valence-electron chi connectivity index (χ4n) is 4.33. The van der Waals surface area contributed by atoms with Crippen LogP contribution in [-0.2, 0) is 15.0 Å². The van der Waals surface area contributed by atoms with Crippen LogP contribution in [0.2, 0.25) is 0 Å². The number of nitrogens with one attached hydrogen (secondary N) is 1. The Morgan fingerprint density at radius 1 is 1.11 bits per heavy atom. The number of rotatable bonds is 4. The molecule has 3 heterocycles. The molecule has 178 valence electrons. The number of hydrogen-bond donors (Lipinski definition) is 2. The molecule has 1 atom stereocenters. The first-order chi connectivity index (χ1) is 16.7. The highest BCUT2D eigenvalue weighted by atomic mass is 16.5. The molecule has 0 saturated carbocycles. The number of aliphatic hydroxyl groups excluding tert-OH is 1. The molecule has 4 aromatic rings. The summed E-state index contributed by atoms with van der Waals surface area (Å²) in [4.78, 5) is 35.5. The fraction of sp³-hybridized carbons (Fsp3) is 0.222. The number of aromatic amines is 1. The van der Waals surface area contributed by atoms with Crippen LogP contribution < -0.4 is 9.64 Å². The molecule has 1 aliphatic rings. The van der Waals surface area contributed by atoms with Crippen LogP contribution >= 0.6 is 0 Å². The Balaban J connectivity index is 1.74. The molecule has 1 fully saturated rings. The molecule has 0 radical (unpaired) electrons. The molecule has 8 heteroatoms. The summed E-state index contributed by atoms with van der Waals surface area (Å²) in [6.45, 7) is 6.13. The van der Waals surface area contributed by atoms with Gasteiger partial charge in [-0.3, -0.25) is 14.5 Å². The number of carbonyl (C=O) groups excluding carboxylic acids is 2. The third kappa shape index (κ3) is 3.67. The molecular weight excluding hydrogens is 446 g/mol. The second-order valence-electron chi connectivity index (χ2n) is 9.43. The van der Waals surface area contributed by atoms with Gasteiger partial charge >= 0.3 is 5.91 Å². The number of carbonyl (C=O) groups is 2. The zero-order valence-corrected chi connectivity index (χ0v) is 19.8. The Morgan fingerprint density at radius 2 is 1.89 bits per heavy atom. The monoisotopic (exact) mass is 471 g/mol. The summed E-state index contributed by atoms with van der Waals surface area (Å²) < 4.78 is 11.1. The lowest BCUT2D eigenvalue weighted by Crippen LogP contribution is -2.30. The first-order valence-electron chi connectivity index (χ1n) is 11.2. The van der Waals surface area contributed by atoms with E-state index in [1.54, 1.807) is 30.3 Å². The number of imidazole rings is 1. The maximum atomic E-state index is 13.4. The number of Topliss-reactive ketones (excluding diaryl/α,β-unsaturated/α-hetero) is 1. The van der Waals surface area contributed by atoms with E-state index in [-0.39, 0.29) is 22.7 Å². The second kappa shape index (κ2) is 8.16. The van der Waals surface area contributed by atoms with Crippen molar-refractivity contribution < 1.29 is 23.8 Å². The molecule has 8 nitrogen and oxygen atoms in total. The number of methoxy groups -OCH3 is 1. The molecule has 2 N–H and O–H groups in total. The molecule has 5 rings (SSSR count). The number of para-hydroxylation sites is 2. The van der Waals surface area contributed by atoms with Gasteiger partial charge < -0.3 is 19.2 Å². The van der Waals surface area contributed by atoms with E-state index in [9.17, 15) is 14.7 Å². The molecule has 1 saturated heterocycles. The number of ketones is 1. The lowest BCUT2D eigenvalue weighted by atomic mass is 9.85. The van der Waals surface area contributed by atoms with E-state index in [0.29, 0.717) is 28.1 Å². The molecule has 0 spiro atoms. The minimum atomic E-state index is -1.02. The van der Waals surface area contributed by atoms with Crippen LogP contribution in [0.1, 0.15) is 43.7 Å². The van der Waals surface area contributed by atoms with Gasteiger partial charge in [0.2, 0.25) is 5.95 Å². The van der Waals surface area contributed by atoms with Gasteiger partial charge in [-0.25, -0.2) is 4.98 Å². The third-order valence-corrected chi connectivity index (χ3v) is 6.18. The van der Waals surface area contributed by atoms with Crippen LogP contribution in [0.4, 0.5) is 5.95 Å². The number of benzene rings is 2. The van der Waals surface area contributed by atoms with Crippen LogP contribution in [0.25, 0.3) is 16.8 Å². The predicted molar refractivity (Wildman–Crippen MR) is 131 cm³/mol. The molecule has 1 unspecified atom stereocenters. The second-order valence-corrected chi connectivity index (χ2v) is 9.43. The minimum Gasteiger partial charge on any atom is -0.507 e. The number of anilines is 1. The van der Waals surface area contributed by atoms with Crippen LogP contribution in [0.3, 0.4) is 0 Å². The van der Waals surface area contributed by atoms with Crippen molar-refractivity contribution in [3.8, 4) is 5.75 Å². The molecule has 1 amide bonds. The van der Waals surface area contributed by atoms with Gasteiger partial charge in [-0.05, 0) is 47.4 Å². The number of fused-ring (bicyclic) bond motifs is 1. The van der Waals surface area contributed by atoms with Crippen LogP contribution in [0.5, 0.6) is 5.75 Å². The number of nitrogens with zero attached hydrogens (tertiary/aromatic N) is 2. The third-order valence-electron chi connectivity index (χ3n) is 6.18. The summed E-state index contributed by atoms with van der Waals surface area (Å²) in [6.07, 6.45) is 1.45. The first-order valence-corrected chi connectivity index (χ1v) is 11.2. The van der Waals surface area contributed by atoms with E-state index in [4.69, 9.17) is 9.15 Å². The summed E-state index contributed by atoms with van der Waals surface area (Å²) >= 11 is 0. The number of hydrogen-bond acceptors (Lipinski definition) is 6. The molecule has 2 aromatic carbocycles. The van der Waals surface area contributed by atoms with E-state index in [1.807, 2.05) is 45.0 Å². The van der Waals surface area contributed by atoms with Crippen molar-refractivity contribution >= 4 is 34.4 Å². The quantitative estimate of drug-likeness (QED) is 0.244. The van der Waals surface area contributed by atoms with Crippen molar-refractivity contribution in [3.05, 3.63) is 83.3 Å². The number of H-pyrrole nitrogens is 1. The van der Waals surface area contributed by atoms with Crippen molar-refractivity contribution in [2.24, 2.45) is 0 Å². The normalized spacial score (nSPS) is 17.9. The molecule has 2 aromatic heterocycles. The van der Waals surface area contributed by atoms with Gasteiger partial charge in [-0.2, -0.15) is 0 Å². The highest BCUT2D eigenvalue weighted by Gasteiger charge is 2.49. The van der Waals surface area contributed by atoms with Crippen molar-refractivity contribution in [2.75, 3.05) is 12.0 Å². The van der Waals surface area contributed by atoms with Crippen LogP contribution in [0.15, 0.2) is 70.9 Å². The molecule has 0 bridgehead atoms. The van der Waals surface area contributed by atoms with Gasteiger partial charge in [0.15, 0.2) is 0 Å². The summed E-state index contributed by atoms with van der Waals surface area (Å²) in [6, 6.07) is 15.0. The zero-order valence-electron chi connectivity index (χ0n) is 19.8. The first kappa shape index (κ1) is 22.5. The Morgan fingerprint density at radius 3 is 2.54 bits per heavy atom. The van der Waals surface area contributed by atoms with E-state index in [2.05, 4.69) is 9.97 Å². The number of aromatic nitrogens is 2. The SMILES string of the molecule is COc1ccc(C(C)(C)C)cc1/C(O)=C1\C(=O)C(=O)N(c2nc3ccccc3[nH]2)C1c1ccco1. The van der Waals surface area contributed by atoms with Crippen molar-refractivity contribution in [3.63, 3.8) is 0 Å². The molecular formula is C27H25N3O5. The largest absolute Gasteiger partial charge is 0.507 e. The minimum absolute atomic E-state index is 0.102. The van der Waals surface area contributed by atoms with Gasteiger partial charge in [0, 0.05) is 0 Å². The predicted octanol–water partition coefficient (Wildman–Crippen LogP) is 5.09. The maximum absolute atomic E-state index is 13.4. The van der Waals surface area contributed by atoms with Crippen molar-refractivity contribution in [1.29, 1.82) is 0 Å². The van der Waals surface area contributed by atoms with E-state index < -0.39 is 17.7 Å².